The summed E-state index contributed by atoms with van der Waals surface area (Å²) in [6.07, 6.45) is 1.73. The molecule has 0 amide bonds. The lowest BCUT2D eigenvalue weighted by Gasteiger charge is -2.05. The summed E-state index contributed by atoms with van der Waals surface area (Å²) in [4.78, 5) is 4.33. The number of benzene rings is 2. The molecule has 0 atom stereocenters. The molecule has 0 saturated carbocycles. The zero-order valence-corrected chi connectivity index (χ0v) is 10.5. The van der Waals surface area contributed by atoms with Crippen molar-refractivity contribution in [2.75, 3.05) is 5.73 Å². The van der Waals surface area contributed by atoms with Crippen molar-refractivity contribution < 1.29 is 0 Å². The molecule has 0 fully saturated rings. The number of nitrogen functional groups attached to an aromatic ring is 1. The molecule has 1 heterocycles. The largest absolute Gasteiger partial charge is 0.399 e. The highest BCUT2D eigenvalue weighted by atomic mass is 14.7. The number of pyridine rings is 1. The molecular weight excluding hydrogens is 232 g/mol. The highest BCUT2D eigenvalue weighted by Crippen LogP contribution is 2.24. The van der Waals surface area contributed by atoms with Gasteiger partial charge in [0.2, 0.25) is 0 Å². The summed E-state index contributed by atoms with van der Waals surface area (Å²) in [6.45, 7) is 0. The zero-order valence-electron chi connectivity index (χ0n) is 10.5. The molecule has 0 unspecified atom stereocenters. The smallest absolute Gasteiger partial charge is 0.0722 e. The van der Waals surface area contributed by atoms with Gasteiger partial charge in [-0.15, -0.1) is 0 Å². The fraction of sp³-hybridized carbons (Fsp3) is 0. The molecule has 0 spiro atoms. The summed E-state index contributed by atoms with van der Waals surface area (Å²) in [5.74, 6) is 0. The van der Waals surface area contributed by atoms with Crippen molar-refractivity contribution in [3.8, 4) is 22.4 Å². The predicted molar refractivity (Wildman–Crippen MR) is 79.5 cm³/mol. The van der Waals surface area contributed by atoms with E-state index in [1.54, 1.807) is 12.3 Å². The fourth-order valence-corrected chi connectivity index (χ4v) is 2.07. The summed E-state index contributed by atoms with van der Waals surface area (Å²) in [5, 5.41) is 0. The highest BCUT2D eigenvalue weighted by Gasteiger charge is 2.01. The van der Waals surface area contributed by atoms with Crippen LogP contribution in [0.5, 0.6) is 0 Å². The summed E-state index contributed by atoms with van der Waals surface area (Å²) in [7, 11) is 0. The van der Waals surface area contributed by atoms with Crippen molar-refractivity contribution in [2.24, 2.45) is 0 Å². The standard InChI is InChI=1S/C17H14N2/c18-16-10-11-19-17(12-16)15-8-6-14(7-9-15)13-4-2-1-3-5-13/h1-12H,(H2,18,19). The number of nitrogens with zero attached hydrogens (tertiary/aromatic N) is 1. The second kappa shape index (κ2) is 4.94. The normalized spacial score (nSPS) is 10.3. The van der Waals surface area contributed by atoms with E-state index in [0.717, 1.165) is 16.9 Å². The van der Waals surface area contributed by atoms with E-state index < -0.39 is 0 Å². The molecule has 1 aromatic heterocycles. The predicted octanol–water partition coefficient (Wildman–Crippen LogP) is 4.00. The Bertz CT molecular complexity index is 673. The van der Waals surface area contributed by atoms with Crippen molar-refractivity contribution in [1.29, 1.82) is 0 Å². The zero-order chi connectivity index (χ0) is 13.1. The third kappa shape index (κ3) is 2.47. The molecule has 2 N–H and O–H groups in total. The van der Waals surface area contributed by atoms with Crippen LogP contribution in [0.3, 0.4) is 0 Å². The Kier molecular flexibility index (Phi) is 2.99. The average Bonchev–Trinajstić information content (AvgIpc) is 2.48. The van der Waals surface area contributed by atoms with Crippen molar-refractivity contribution >= 4 is 5.69 Å². The molecule has 2 heteroatoms. The summed E-state index contributed by atoms with van der Waals surface area (Å²) in [6, 6.07) is 22.4. The number of aromatic nitrogens is 1. The minimum absolute atomic E-state index is 0.733. The topological polar surface area (TPSA) is 38.9 Å². The maximum absolute atomic E-state index is 5.78. The quantitative estimate of drug-likeness (QED) is 0.742. The van der Waals surface area contributed by atoms with Gasteiger partial charge in [-0.1, -0.05) is 54.6 Å². The lowest BCUT2D eigenvalue weighted by atomic mass is 10.0. The van der Waals surface area contributed by atoms with E-state index in [-0.39, 0.29) is 0 Å². The summed E-state index contributed by atoms with van der Waals surface area (Å²) < 4.78 is 0. The van der Waals surface area contributed by atoms with Crippen LogP contribution >= 0.6 is 0 Å². The van der Waals surface area contributed by atoms with Gasteiger partial charge in [0.05, 0.1) is 5.69 Å². The molecule has 3 rings (SSSR count). The SMILES string of the molecule is Nc1ccnc(-c2ccc(-c3ccccc3)cc2)c1. The second-order valence-electron chi connectivity index (χ2n) is 4.42. The molecule has 0 aliphatic heterocycles. The molecule has 2 aromatic carbocycles. The molecule has 2 nitrogen and oxygen atoms in total. The first-order chi connectivity index (χ1) is 9.33. The van der Waals surface area contributed by atoms with Gasteiger partial charge in [-0.2, -0.15) is 0 Å². The first-order valence-electron chi connectivity index (χ1n) is 6.20. The van der Waals surface area contributed by atoms with E-state index in [4.69, 9.17) is 5.73 Å². The number of nitrogens with two attached hydrogens (primary N) is 1. The molecular formula is C17H14N2. The Balaban J connectivity index is 1.95. The van der Waals surface area contributed by atoms with Gasteiger partial charge >= 0.3 is 0 Å². The van der Waals surface area contributed by atoms with Crippen LogP contribution < -0.4 is 5.73 Å². The minimum atomic E-state index is 0.733. The van der Waals surface area contributed by atoms with Crippen LogP contribution in [0.15, 0.2) is 72.9 Å². The first-order valence-corrected chi connectivity index (χ1v) is 6.20. The Hall–Kier alpha value is -2.61. The monoisotopic (exact) mass is 246 g/mol. The third-order valence-electron chi connectivity index (χ3n) is 3.07. The summed E-state index contributed by atoms with van der Waals surface area (Å²) >= 11 is 0. The van der Waals surface area contributed by atoms with Crippen molar-refractivity contribution in [3.63, 3.8) is 0 Å². The lowest BCUT2D eigenvalue weighted by molar-refractivity contribution is 1.33. The van der Waals surface area contributed by atoms with E-state index >= 15 is 0 Å². The van der Waals surface area contributed by atoms with Crippen LogP contribution in [0.1, 0.15) is 0 Å². The van der Waals surface area contributed by atoms with Gasteiger partial charge in [-0.25, -0.2) is 0 Å². The van der Waals surface area contributed by atoms with Crippen LogP contribution in [-0.2, 0) is 0 Å². The molecule has 3 aromatic rings. The van der Waals surface area contributed by atoms with Gasteiger partial charge in [0.25, 0.3) is 0 Å². The minimum Gasteiger partial charge on any atom is -0.399 e. The lowest BCUT2D eigenvalue weighted by Crippen LogP contribution is -1.88. The van der Waals surface area contributed by atoms with Gasteiger partial charge < -0.3 is 5.73 Å². The van der Waals surface area contributed by atoms with Crippen LogP contribution in [0.2, 0.25) is 0 Å². The fourth-order valence-electron chi connectivity index (χ4n) is 2.07. The van der Waals surface area contributed by atoms with Crippen molar-refractivity contribution in [2.45, 2.75) is 0 Å². The molecule has 92 valence electrons. The Morgan fingerprint density at radius 3 is 2.00 bits per heavy atom. The van der Waals surface area contributed by atoms with E-state index in [9.17, 15) is 0 Å². The van der Waals surface area contributed by atoms with Crippen LogP contribution in [0.25, 0.3) is 22.4 Å². The number of hydrogen-bond donors (Lipinski definition) is 1. The summed E-state index contributed by atoms with van der Waals surface area (Å²) in [5.41, 5.74) is 10.9. The Morgan fingerprint density at radius 1 is 0.684 bits per heavy atom. The van der Waals surface area contributed by atoms with Crippen molar-refractivity contribution in [1.82, 2.24) is 4.98 Å². The van der Waals surface area contributed by atoms with Crippen LogP contribution in [0.4, 0.5) is 5.69 Å². The number of rotatable bonds is 2. The van der Waals surface area contributed by atoms with Crippen molar-refractivity contribution in [3.05, 3.63) is 72.9 Å². The molecule has 0 bridgehead atoms. The maximum Gasteiger partial charge on any atom is 0.0722 e. The number of hydrogen-bond acceptors (Lipinski definition) is 2. The first kappa shape index (κ1) is 11.5. The Labute approximate surface area is 112 Å². The molecule has 0 aliphatic carbocycles. The van der Waals surface area contributed by atoms with Gasteiger partial charge in [0.1, 0.15) is 0 Å². The van der Waals surface area contributed by atoms with E-state index in [1.807, 2.05) is 24.3 Å². The molecule has 0 radical (unpaired) electrons. The third-order valence-corrected chi connectivity index (χ3v) is 3.07. The van der Waals surface area contributed by atoms with Gasteiger partial charge in [0, 0.05) is 17.4 Å². The van der Waals surface area contributed by atoms with Gasteiger partial charge in [-0.3, -0.25) is 4.98 Å². The van der Waals surface area contributed by atoms with Crippen LogP contribution in [-0.4, -0.2) is 4.98 Å². The van der Waals surface area contributed by atoms with Gasteiger partial charge in [0.15, 0.2) is 0 Å². The van der Waals surface area contributed by atoms with Crippen LogP contribution in [0, 0.1) is 0 Å². The average molecular weight is 246 g/mol. The van der Waals surface area contributed by atoms with Gasteiger partial charge in [-0.05, 0) is 23.3 Å². The Morgan fingerprint density at radius 2 is 1.32 bits per heavy atom. The molecule has 19 heavy (non-hydrogen) atoms. The van der Waals surface area contributed by atoms with E-state index in [2.05, 4.69) is 41.4 Å². The second-order valence-corrected chi connectivity index (χ2v) is 4.42. The highest BCUT2D eigenvalue weighted by molar-refractivity contribution is 5.69. The number of anilines is 1. The molecule has 0 saturated heterocycles. The van der Waals surface area contributed by atoms with E-state index in [1.165, 1.54) is 11.1 Å². The van der Waals surface area contributed by atoms with E-state index in [0.29, 0.717) is 0 Å². The maximum atomic E-state index is 5.78. The molecule has 0 aliphatic rings.